The van der Waals surface area contributed by atoms with Crippen LogP contribution in [0.1, 0.15) is 33.1 Å². The first-order valence-corrected chi connectivity index (χ1v) is 5.06. The van der Waals surface area contributed by atoms with Crippen LogP contribution in [0.3, 0.4) is 0 Å². The first-order chi connectivity index (χ1) is 5.72. The van der Waals surface area contributed by atoms with Crippen LogP contribution >= 0.6 is 0 Å². The van der Waals surface area contributed by atoms with Crippen LogP contribution in [0.4, 0.5) is 0 Å². The molecule has 2 heteroatoms. The summed E-state index contributed by atoms with van der Waals surface area (Å²) in [7, 11) is 0. The molecule has 12 heavy (non-hydrogen) atoms. The Morgan fingerprint density at radius 2 is 1.75 bits per heavy atom. The SMILES string of the molecule is C[C@@H]1CC(NCCO)C[C@H](C)C1. The van der Waals surface area contributed by atoms with E-state index < -0.39 is 0 Å². The highest BCUT2D eigenvalue weighted by atomic mass is 16.3. The summed E-state index contributed by atoms with van der Waals surface area (Å²) in [5.41, 5.74) is 0. The lowest BCUT2D eigenvalue weighted by molar-refractivity contribution is 0.220. The molecule has 1 aliphatic carbocycles. The minimum atomic E-state index is 0.263. The lowest BCUT2D eigenvalue weighted by atomic mass is 9.80. The molecule has 0 aromatic carbocycles. The predicted molar refractivity (Wildman–Crippen MR) is 51.1 cm³/mol. The Morgan fingerprint density at radius 1 is 1.17 bits per heavy atom. The molecule has 72 valence electrons. The maximum absolute atomic E-state index is 8.67. The molecule has 2 N–H and O–H groups in total. The van der Waals surface area contributed by atoms with Gasteiger partial charge in [-0.15, -0.1) is 0 Å². The number of aliphatic hydroxyl groups is 1. The van der Waals surface area contributed by atoms with Crippen LogP contribution in [0.15, 0.2) is 0 Å². The second kappa shape index (κ2) is 4.83. The van der Waals surface area contributed by atoms with Crippen molar-refractivity contribution in [1.29, 1.82) is 0 Å². The normalized spacial score (nSPS) is 36.8. The molecular formula is C10H21NO. The Labute approximate surface area is 75.4 Å². The molecule has 1 saturated carbocycles. The zero-order valence-corrected chi connectivity index (χ0v) is 8.21. The topological polar surface area (TPSA) is 32.3 Å². The van der Waals surface area contributed by atoms with Crippen molar-refractivity contribution in [1.82, 2.24) is 5.32 Å². The van der Waals surface area contributed by atoms with Crippen molar-refractivity contribution in [2.75, 3.05) is 13.2 Å². The molecule has 0 aromatic rings. The molecule has 0 heterocycles. The minimum absolute atomic E-state index is 0.263. The second-order valence-electron chi connectivity index (χ2n) is 4.29. The highest BCUT2D eigenvalue weighted by Crippen LogP contribution is 2.28. The Bertz CT molecular complexity index is 117. The van der Waals surface area contributed by atoms with E-state index in [0.29, 0.717) is 6.04 Å². The van der Waals surface area contributed by atoms with E-state index in [1.165, 1.54) is 19.3 Å². The number of rotatable bonds is 3. The molecule has 0 saturated heterocycles. The third-order valence-corrected chi connectivity index (χ3v) is 2.72. The quantitative estimate of drug-likeness (QED) is 0.672. The van der Waals surface area contributed by atoms with Gasteiger partial charge >= 0.3 is 0 Å². The van der Waals surface area contributed by atoms with Crippen LogP contribution in [-0.2, 0) is 0 Å². The van der Waals surface area contributed by atoms with Crippen LogP contribution in [0, 0.1) is 11.8 Å². The zero-order valence-electron chi connectivity index (χ0n) is 8.21. The standard InChI is InChI=1S/C10H21NO/c1-8-5-9(2)7-10(6-8)11-3-4-12/h8-12H,3-7H2,1-2H3/t8-,9+,10?. The molecule has 0 amide bonds. The second-order valence-corrected chi connectivity index (χ2v) is 4.29. The van der Waals surface area contributed by atoms with E-state index in [9.17, 15) is 0 Å². The first-order valence-electron chi connectivity index (χ1n) is 5.06. The van der Waals surface area contributed by atoms with Crippen LogP contribution in [0.25, 0.3) is 0 Å². The maximum Gasteiger partial charge on any atom is 0.0556 e. The van der Waals surface area contributed by atoms with E-state index in [1.54, 1.807) is 0 Å². The van der Waals surface area contributed by atoms with Gasteiger partial charge in [0.25, 0.3) is 0 Å². The van der Waals surface area contributed by atoms with E-state index in [-0.39, 0.29) is 6.61 Å². The lowest BCUT2D eigenvalue weighted by Gasteiger charge is -2.31. The van der Waals surface area contributed by atoms with Gasteiger partial charge < -0.3 is 10.4 Å². The highest BCUT2D eigenvalue weighted by molar-refractivity contribution is 4.79. The largest absolute Gasteiger partial charge is 0.395 e. The van der Waals surface area contributed by atoms with E-state index >= 15 is 0 Å². The monoisotopic (exact) mass is 171 g/mol. The average molecular weight is 171 g/mol. The van der Waals surface area contributed by atoms with E-state index in [1.807, 2.05) is 0 Å². The fourth-order valence-electron chi connectivity index (χ4n) is 2.38. The van der Waals surface area contributed by atoms with Gasteiger partial charge in [0.05, 0.1) is 6.61 Å². The number of nitrogens with one attached hydrogen (secondary N) is 1. The number of hydrogen-bond donors (Lipinski definition) is 2. The summed E-state index contributed by atoms with van der Waals surface area (Å²) in [5.74, 6) is 1.70. The summed E-state index contributed by atoms with van der Waals surface area (Å²) in [6.45, 7) is 5.66. The highest BCUT2D eigenvalue weighted by Gasteiger charge is 2.22. The van der Waals surface area contributed by atoms with Gasteiger partial charge in [0.15, 0.2) is 0 Å². The van der Waals surface area contributed by atoms with E-state index in [0.717, 1.165) is 18.4 Å². The lowest BCUT2D eigenvalue weighted by Crippen LogP contribution is -2.37. The molecule has 1 rings (SSSR count). The summed E-state index contributed by atoms with van der Waals surface area (Å²) in [6, 6.07) is 0.649. The van der Waals surface area contributed by atoms with Crippen molar-refractivity contribution >= 4 is 0 Å². The van der Waals surface area contributed by atoms with Crippen molar-refractivity contribution < 1.29 is 5.11 Å². The Kier molecular flexibility index (Phi) is 4.02. The van der Waals surface area contributed by atoms with Crippen LogP contribution in [0.2, 0.25) is 0 Å². The summed E-state index contributed by atoms with van der Waals surface area (Å²) < 4.78 is 0. The van der Waals surface area contributed by atoms with Crippen molar-refractivity contribution in [2.24, 2.45) is 11.8 Å². The van der Waals surface area contributed by atoms with Crippen molar-refractivity contribution in [2.45, 2.75) is 39.2 Å². The minimum Gasteiger partial charge on any atom is -0.395 e. The summed E-state index contributed by atoms with van der Waals surface area (Å²) >= 11 is 0. The molecule has 0 aromatic heterocycles. The molecule has 1 aliphatic rings. The molecule has 1 fully saturated rings. The smallest absolute Gasteiger partial charge is 0.0556 e. The van der Waals surface area contributed by atoms with Crippen LogP contribution in [0.5, 0.6) is 0 Å². The van der Waals surface area contributed by atoms with Crippen molar-refractivity contribution in [3.63, 3.8) is 0 Å². The molecule has 3 atom stereocenters. The number of aliphatic hydroxyl groups excluding tert-OH is 1. The molecule has 0 spiro atoms. The van der Waals surface area contributed by atoms with Gasteiger partial charge in [-0.25, -0.2) is 0 Å². The van der Waals surface area contributed by atoms with E-state index in [4.69, 9.17) is 5.11 Å². The van der Waals surface area contributed by atoms with Gasteiger partial charge in [0.2, 0.25) is 0 Å². The molecule has 0 bridgehead atoms. The molecule has 0 radical (unpaired) electrons. The third kappa shape index (κ3) is 3.11. The van der Waals surface area contributed by atoms with Gasteiger partial charge in [0, 0.05) is 12.6 Å². The van der Waals surface area contributed by atoms with Gasteiger partial charge in [-0.05, 0) is 31.1 Å². The Balaban J connectivity index is 2.24. The van der Waals surface area contributed by atoms with Crippen molar-refractivity contribution in [3.8, 4) is 0 Å². The average Bonchev–Trinajstić information content (AvgIpc) is 1.99. The van der Waals surface area contributed by atoms with Gasteiger partial charge in [-0.2, -0.15) is 0 Å². The molecule has 1 unspecified atom stereocenters. The molecular weight excluding hydrogens is 150 g/mol. The predicted octanol–water partition coefficient (Wildman–Crippen LogP) is 1.39. The maximum atomic E-state index is 8.67. The molecule has 0 aliphatic heterocycles. The summed E-state index contributed by atoms with van der Waals surface area (Å²) in [5, 5.41) is 12.0. The first kappa shape index (κ1) is 10.0. The summed E-state index contributed by atoms with van der Waals surface area (Å²) in [6.07, 6.45) is 3.94. The fraction of sp³-hybridized carbons (Fsp3) is 1.00. The summed E-state index contributed by atoms with van der Waals surface area (Å²) in [4.78, 5) is 0. The van der Waals surface area contributed by atoms with Gasteiger partial charge in [-0.1, -0.05) is 13.8 Å². The van der Waals surface area contributed by atoms with Crippen LogP contribution < -0.4 is 5.32 Å². The van der Waals surface area contributed by atoms with Crippen molar-refractivity contribution in [3.05, 3.63) is 0 Å². The van der Waals surface area contributed by atoms with Gasteiger partial charge in [0.1, 0.15) is 0 Å². The third-order valence-electron chi connectivity index (χ3n) is 2.72. The fourth-order valence-corrected chi connectivity index (χ4v) is 2.38. The Morgan fingerprint density at radius 3 is 2.25 bits per heavy atom. The Hall–Kier alpha value is -0.0800. The number of hydrogen-bond acceptors (Lipinski definition) is 2. The zero-order chi connectivity index (χ0) is 8.97. The van der Waals surface area contributed by atoms with Gasteiger partial charge in [-0.3, -0.25) is 0 Å². The van der Waals surface area contributed by atoms with E-state index in [2.05, 4.69) is 19.2 Å². The molecule has 2 nitrogen and oxygen atoms in total. The van der Waals surface area contributed by atoms with Crippen LogP contribution in [-0.4, -0.2) is 24.3 Å².